The minimum absolute atomic E-state index is 0.261. The molecule has 1 aliphatic carbocycles. The van der Waals surface area contributed by atoms with Crippen LogP contribution in [0.3, 0.4) is 0 Å². The van der Waals surface area contributed by atoms with E-state index in [9.17, 15) is 4.79 Å². The lowest BCUT2D eigenvalue weighted by Crippen LogP contribution is -2.11. The van der Waals surface area contributed by atoms with Gasteiger partial charge in [-0.3, -0.25) is 10.1 Å². The molecule has 0 atom stereocenters. The van der Waals surface area contributed by atoms with Crippen molar-refractivity contribution in [3.63, 3.8) is 0 Å². The molecule has 1 aromatic carbocycles. The van der Waals surface area contributed by atoms with Gasteiger partial charge in [0.2, 0.25) is 0 Å². The summed E-state index contributed by atoms with van der Waals surface area (Å²) in [5.41, 5.74) is 11.3. The predicted octanol–water partition coefficient (Wildman–Crippen LogP) is 5.79. The number of fused-ring (bicyclic) bond motifs is 2. The summed E-state index contributed by atoms with van der Waals surface area (Å²) in [6.07, 6.45) is 5.75. The maximum Gasteiger partial charge on any atom is 0.269 e. The summed E-state index contributed by atoms with van der Waals surface area (Å²) < 4.78 is 0. The fourth-order valence-corrected chi connectivity index (χ4v) is 5.65. The number of pyridine rings is 1. The number of carbonyl (C=O) groups excluding carboxylic acids is 1. The van der Waals surface area contributed by atoms with Crippen molar-refractivity contribution in [1.82, 2.24) is 9.97 Å². The van der Waals surface area contributed by atoms with E-state index in [2.05, 4.69) is 10.3 Å². The highest BCUT2D eigenvalue weighted by molar-refractivity contribution is 7.21. The standard InChI is InChI=1S/C21H17ClN4OS2/c22-13-7-3-1-5-11(13)15-12-6-2-4-8-14(12)25-20-16(15)17(23)18(29-20)19(27)26-21-24-9-10-28-21/h1,3,5,7,9-10H,2,4,6,8,23H2,(H,24,26,27). The summed E-state index contributed by atoms with van der Waals surface area (Å²) in [7, 11) is 0. The van der Waals surface area contributed by atoms with E-state index in [1.54, 1.807) is 6.20 Å². The number of aromatic nitrogens is 2. The van der Waals surface area contributed by atoms with Crippen molar-refractivity contribution < 1.29 is 4.79 Å². The molecule has 0 saturated carbocycles. The highest BCUT2D eigenvalue weighted by Gasteiger charge is 2.26. The second-order valence-corrected chi connectivity index (χ2v) is 9.22. The van der Waals surface area contributed by atoms with Gasteiger partial charge in [-0.15, -0.1) is 22.7 Å². The molecule has 0 radical (unpaired) electrons. The zero-order chi connectivity index (χ0) is 20.0. The quantitative estimate of drug-likeness (QED) is 0.422. The number of thiophene rings is 1. The molecule has 8 heteroatoms. The first-order chi connectivity index (χ1) is 14.1. The molecule has 29 heavy (non-hydrogen) atoms. The first-order valence-corrected chi connectivity index (χ1v) is 11.4. The van der Waals surface area contributed by atoms with Crippen LogP contribution in [0.5, 0.6) is 0 Å². The van der Waals surface area contributed by atoms with E-state index < -0.39 is 0 Å². The lowest BCUT2D eigenvalue weighted by atomic mass is 9.87. The number of nitrogens with zero attached hydrogens (tertiary/aromatic N) is 2. The number of nitrogen functional groups attached to an aromatic ring is 1. The highest BCUT2D eigenvalue weighted by Crippen LogP contribution is 2.45. The molecule has 0 fully saturated rings. The van der Waals surface area contributed by atoms with Gasteiger partial charge in [-0.25, -0.2) is 9.97 Å². The number of thiazole rings is 1. The molecule has 1 aliphatic rings. The monoisotopic (exact) mass is 440 g/mol. The van der Waals surface area contributed by atoms with Crippen molar-refractivity contribution in [3.8, 4) is 11.1 Å². The molecule has 0 saturated heterocycles. The fraction of sp³-hybridized carbons (Fsp3) is 0.190. The van der Waals surface area contributed by atoms with Crippen molar-refractivity contribution in [2.45, 2.75) is 25.7 Å². The first-order valence-electron chi connectivity index (χ1n) is 9.33. The van der Waals surface area contributed by atoms with Gasteiger partial charge in [0.25, 0.3) is 5.91 Å². The Bertz CT molecular complexity index is 1230. The zero-order valence-electron chi connectivity index (χ0n) is 15.4. The van der Waals surface area contributed by atoms with Crippen LogP contribution in [-0.2, 0) is 12.8 Å². The number of carbonyl (C=O) groups is 1. The van der Waals surface area contributed by atoms with Crippen LogP contribution in [0.4, 0.5) is 10.8 Å². The van der Waals surface area contributed by atoms with Gasteiger partial charge in [0.05, 0.1) is 5.69 Å². The topological polar surface area (TPSA) is 80.9 Å². The van der Waals surface area contributed by atoms with Gasteiger partial charge < -0.3 is 5.73 Å². The summed E-state index contributed by atoms with van der Waals surface area (Å²) in [5.74, 6) is -0.261. The molecule has 0 unspecified atom stereocenters. The number of anilines is 2. The molecule has 3 aromatic heterocycles. The Kier molecular flexibility index (Phi) is 4.73. The Balaban J connectivity index is 1.74. The number of nitrogens with one attached hydrogen (secondary N) is 1. The first kappa shape index (κ1) is 18.5. The van der Waals surface area contributed by atoms with E-state index in [0.717, 1.165) is 52.7 Å². The maximum atomic E-state index is 12.9. The number of amides is 1. The molecular formula is C21H17ClN4OS2. The summed E-state index contributed by atoms with van der Waals surface area (Å²) in [6.45, 7) is 0. The van der Waals surface area contributed by atoms with Gasteiger partial charge >= 0.3 is 0 Å². The second-order valence-electron chi connectivity index (χ2n) is 6.92. The second kappa shape index (κ2) is 7.40. The summed E-state index contributed by atoms with van der Waals surface area (Å²) in [5, 5.41) is 6.69. The lowest BCUT2D eigenvalue weighted by Gasteiger charge is -2.20. The molecule has 5 nitrogen and oxygen atoms in total. The molecular weight excluding hydrogens is 424 g/mol. The van der Waals surface area contributed by atoms with Crippen molar-refractivity contribution in [3.05, 3.63) is 57.0 Å². The van der Waals surface area contributed by atoms with E-state index in [0.29, 0.717) is 20.7 Å². The zero-order valence-corrected chi connectivity index (χ0v) is 17.8. The normalized spacial score (nSPS) is 13.4. The number of benzene rings is 1. The van der Waals surface area contributed by atoms with E-state index in [1.165, 1.54) is 28.2 Å². The number of rotatable bonds is 3. The molecule has 0 aliphatic heterocycles. The molecule has 0 spiro atoms. The van der Waals surface area contributed by atoms with Crippen molar-refractivity contribution in [2.24, 2.45) is 0 Å². The molecule has 3 heterocycles. The van der Waals surface area contributed by atoms with Crippen molar-refractivity contribution in [2.75, 3.05) is 11.1 Å². The number of nitrogens with two attached hydrogens (primary N) is 1. The van der Waals surface area contributed by atoms with Crippen LogP contribution in [-0.4, -0.2) is 15.9 Å². The number of halogens is 1. The third-order valence-corrected chi connectivity index (χ3v) is 7.27. The van der Waals surface area contributed by atoms with Gasteiger partial charge in [0.15, 0.2) is 5.13 Å². The Morgan fingerprint density at radius 3 is 2.83 bits per heavy atom. The van der Waals surface area contributed by atoms with E-state index in [4.69, 9.17) is 22.3 Å². The van der Waals surface area contributed by atoms with Crippen molar-refractivity contribution in [1.29, 1.82) is 0 Å². The average Bonchev–Trinajstić information content (AvgIpc) is 3.35. The van der Waals surface area contributed by atoms with Crippen LogP contribution in [0.1, 0.15) is 33.8 Å². The minimum atomic E-state index is -0.261. The van der Waals surface area contributed by atoms with Crippen LogP contribution in [0.15, 0.2) is 35.8 Å². The number of hydrogen-bond acceptors (Lipinski definition) is 6. The van der Waals surface area contributed by atoms with Gasteiger partial charge in [-0.1, -0.05) is 29.8 Å². The third kappa shape index (κ3) is 3.19. The van der Waals surface area contributed by atoms with Crippen LogP contribution < -0.4 is 11.1 Å². The summed E-state index contributed by atoms with van der Waals surface area (Å²) in [6, 6.07) is 7.79. The van der Waals surface area contributed by atoms with Gasteiger partial charge in [0, 0.05) is 38.8 Å². The SMILES string of the molecule is Nc1c(C(=O)Nc2nccs2)sc2nc3c(c(-c4ccccc4Cl)c12)CCCC3. The largest absolute Gasteiger partial charge is 0.397 e. The van der Waals surface area contributed by atoms with Crippen LogP contribution >= 0.6 is 34.3 Å². The Morgan fingerprint density at radius 2 is 2.03 bits per heavy atom. The predicted molar refractivity (Wildman–Crippen MR) is 121 cm³/mol. The van der Waals surface area contributed by atoms with Gasteiger partial charge in [-0.2, -0.15) is 0 Å². The van der Waals surface area contributed by atoms with Crippen LogP contribution in [0.2, 0.25) is 5.02 Å². The average molecular weight is 441 g/mol. The molecule has 5 rings (SSSR count). The Labute approximate surface area is 180 Å². The van der Waals surface area contributed by atoms with E-state index >= 15 is 0 Å². The van der Waals surface area contributed by atoms with E-state index in [-0.39, 0.29) is 5.91 Å². The smallest absolute Gasteiger partial charge is 0.269 e. The molecule has 4 aromatic rings. The van der Waals surface area contributed by atoms with Crippen LogP contribution in [0.25, 0.3) is 21.3 Å². The highest BCUT2D eigenvalue weighted by atomic mass is 35.5. The molecule has 1 amide bonds. The molecule has 0 bridgehead atoms. The van der Waals surface area contributed by atoms with Crippen molar-refractivity contribution >= 4 is 61.2 Å². The third-order valence-electron chi connectivity index (χ3n) is 5.16. The Hall–Kier alpha value is -2.48. The molecule has 3 N–H and O–H groups in total. The number of hydrogen-bond donors (Lipinski definition) is 2. The summed E-state index contributed by atoms with van der Waals surface area (Å²) in [4.78, 5) is 23.1. The van der Waals surface area contributed by atoms with Crippen LogP contribution in [0, 0.1) is 0 Å². The van der Waals surface area contributed by atoms with Gasteiger partial charge in [0.1, 0.15) is 9.71 Å². The number of aryl methyl sites for hydroxylation is 1. The summed E-state index contributed by atoms with van der Waals surface area (Å²) >= 11 is 9.27. The lowest BCUT2D eigenvalue weighted by molar-refractivity contribution is 0.103. The Morgan fingerprint density at radius 1 is 1.21 bits per heavy atom. The molecule has 146 valence electrons. The van der Waals surface area contributed by atoms with Gasteiger partial charge in [-0.05, 0) is 37.3 Å². The fourth-order valence-electron chi connectivity index (χ4n) is 3.88. The minimum Gasteiger partial charge on any atom is -0.397 e. The maximum absolute atomic E-state index is 12.9. The van der Waals surface area contributed by atoms with E-state index in [1.807, 2.05) is 29.6 Å².